The van der Waals surface area contributed by atoms with Gasteiger partial charge in [-0.2, -0.15) is 0 Å². The number of alkyl halides is 1. The van der Waals surface area contributed by atoms with Gasteiger partial charge in [0, 0.05) is 11.4 Å². The summed E-state index contributed by atoms with van der Waals surface area (Å²) in [5, 5.41) is 0.667. The van der Waals surface area contributed by atoms with E-state index in [1.54, 1.807) is 0 Å². The summed E-state index contributed by atoms with van der Waals surface area (Å²) in [4.78, 5) is 0. The lowest BCUT2D eigenvalue weighted by atomic mass is 9.94. The van der Waals surface area contributed by atoms with Gasteiger partial charge in [0.25, 0.3) is 0 Å². The Hall–Kier alpha value is 0.390. The Morgan fingerprint density at radius 1 is 1.24 bits per heavy atom. The number of hydrogen-bond donors (Lipinski definition) is 1. The molecule has 3 nitrogen and oxygen atoms in total. The van der Waals surface area contributed by atoms with Gasteiger partial charge in [-0.05, 0) is 24.2 Å². The summed E-state index contributed by atoms with van der Waals surface area (Å²) in [7, 11) is -3.15. The molecule has 1 N–H and O–H groups in total. The van der Waals surface area contributed by atoms with Gasteiger partial charge in [0.1, 0.15) is 0 Å². The van der Waals surface area contributed by atoms with Gasteiger partial charge >= 0.3 is 0 Å². The molecular weight excluding hydrogens is 302 g/mol. The van der Waals surface area contributed by atoms with Crippen LogP contribution in [0, 0.1) is 11.3 Å². The first-order valence-corrected chi connectivity index (χ1v) is 8.89. The average Bonchev–Trinajstić information content (AvgIpc) is 2.12. The number of hydrogen-bond acceptors (Lipinski definition) is 2. The minimum atomic E-state index is -3.15. The van der Waals surface area contributed by atoms with E-state index in [9.17, 15) is 8.42 Å². The Morgan fingerprint density at radius 2 is 1.76 bits per heavy atom. The van der Waals surface area contributed by atoms with Crippen molar-refractivity contribution in [2.75, 3.05) is 11.1 Å². The quantitative estimate of drug-likeness (QED) is 0.730. The third-order valence-corrected chi connectivity index (χ3v) is 4.62. The summed E-state index contributed by atoms with van der Waals surface area (Å²) >= 11 is 3.36. The maximum Gasteiger partial charge on any atom is 0.211 e. The van der Waals surface area contributed by atoms with Gasteiger partial charge in [-0.15, -0.1) is 0 Å². The van der Waals surface area contributed by atoms with Gasteiger partial charge in [0.2, 0.25) is 10.0 Å². The van der Waals surface area contributed by atoms with Crippen LogP contribution in [0.15, 0.2) is 0 Å². The van der Waals surface area contributed by atoms with Crippen LogP contribution in [0.3, 0.4) is 0 Å². The maximum absolute atomic E-state index is 11.9. The SMILES string of the molecule is CC(C)CC(CBr)NS(=O)(=O)CCC(C)(C)C. The first-order valence-electron chi connectivity index (χ1n) is 6.12. The second-order valence-corrected chi connectivity index (χ2v) is 8.75. The number of halogens is 1. The molecule has 0 radical (unpaired) electrons. The Kier molecular flexibility index (Phi) is 7.26. The molecule has 0 heterocycles. The van der Waals surface area contributed by atoms with E-state index in [1.165, 1.54) is 0 Å². The summed E-state index contributed by atoms with van der Waals surface area (Å²) in [5.41, 5.74) is 0.0523. The fourth-order valence-electron chi connectivity index (χ4n) is 1.47. The lowest BCUT2D eigenvalue weighted by Crippen LogP contribution is -2.39. The van der Waals surface area contributed by atoms with Gasteiger partial charge in [-0.25, -0.2) is 13.1 Å². The molecule has 0 aromatic carbocycles. The number of rotatable bonds is 7. The minimum Gasteiger partial charge on any atom is -0.212 e. The van der Waals surface area contributed by atoms with Gasteiger partial charge in [0.15, 0.2) is 0 Å². The summed E-state index contributed by atoms with van der Waals surface area (Å²) in [5.74, 6) is 0.695. The number of sulfonamides is 1. The highest BCUT2D eigenvalue weighted by molar-refractivity contribution is 9.09. The van der Waals surface area contributed by atoms with E-state index >= 15 is 0 Å². The second kappa shape index (κ2) is 7.10. The number of nitrogens with one attached hydrogen (secondary N) is 1. The molecule has 0 aliphatic heterocycles. The Balaban J connectivity index is 4.32. The van der Waals surface area contributed by atoms with Crippen LogP contribution in [-0.4, -0.2) is 25.5 Å². The summed E-state index contributed by atoms with van der Waals surface area (Å²) in [6, 6.07) is -0.0000293. The molecule has 0 aromatic heterocycles. The Morgan fingerprint density at radius 3 is 2.12 bits per heavy atom. The van der Waals surface area contributed by atoms with Crippen LogP contribution in [0.25, 0.3) is 0 Å². The van der Waals surface area contributed by atoms with E-state index in [1.807, 2.05) is 0 Å². The first-order chi connectivity index (χ1) is 7.56. The van der Waals surface area contributed by atoms with Crippen molar-refractivity contribution >= 4 is 26.0 Å². The monoisotopic (exact) mass is 327 g/mol. The summed E-state index contributed by atoms with van der Waals surface area (Å²) in [6.07, 6.45) is 1.54. The Bertz CT molecular complexity index is 307. The van der Waals surface area contributed by atoms with E-state index in [4.69, 9.17) is 0 Å². The lowest BCUT2D eigenvalue weighted by molar-refractivity contribution is 0.395. The largest absolute Gasteiger partial charge is 0.212 e. The zero-order chi connectivity index (χ0) is 13.7. The van der Waals surface area contributed by atoms with E-state index in [2.05, 4.69) is 55.3 Å². The summed E-state index contributed by atoms with van der Waals surface area (Å²) in [6.45, 7) is 10.4. The minimum absolute atomic E-state index is 0.0000293. The highest BCUT2D eigenvalue weighted by Gasteiger charge is 2.21. The van der Waals surface area contributed by atoms with E-state index in [-0.39, 0.29) is 17.2 Å². The molecule has 1 unspecified atom stereocenters. The van der Waals surface area contributed by atoms with Gasteiger partial charge in [-0.3, -0.25) is 0 Å². The fraction of sp³-hybridized carbons (Fsp3) is 1.00. The van der Waals surface area contributed by atoms with Gasteiger partial charge < -0.3 is 0 Å². The zero-order valence-electron chi connectivity index (χ0n) is 11.6. The molecular formula is C12H26BrNO2S. The molecule has 1 atom stereocenters. The molecule has 0 bridgehead atoms. The zero-order valence-corrected chi connectivity index (χ0v) is 14.0. The first kappa shape index (κ1) is 17.4. The molecule has 0 aromatic rings. The van der Waals surface area contributed by atoms with Crippen molar-refractivity contribution in [3.05, 3.63) is 0 Å². The van der Waals surface area contributed by atoms with Crippen LogP contribution in [-0.2, 0) is 10.0 Å². The molecule has 0 saturated heterocycles. The molecule has 5 heteroatoms. The molecule has 104 valence electrons. The predicted molar refractivity (Wildman–Crippen MR) is 78.0 cm³/mol. The third kappa shape index (κ3) is 10.0. The van der Waals surface area contributed by atoms with Crippen molar-refractivity contribution < 1.29 is 8.42 Å². The normalized spacial score (nSPS) is 15.2. The summed E-state index contributed by atoms with van der Waals surface area (Å²) < 4.78 is 26.6. The molecule has 0 aliphatic carbocycles. The molecule has 0 rings (SSSR count). The third-order valence-electron chi connectivity index (χ3n) is 2.41. The van der Waals surface area contributed by atoms with Crippen molar-refractivity contribution in [2.45, 2.75) is 53.5 Å². The molecule has 0 fully saturated rings. The molecule has 0 saturated carbocycles. The molecule has 17 heavy (non-hydrogen) atoms. The van der Waals surface area contributed by atoms with Crippen LogP contribution in [0.4, 0.5) is 0 Å². The highest BCUT2D eigenvalue weighted by Crippen LogP contribution is 2.19. The van der Waals surface area contributed by atoms with Crippen LogP contribution in [0.1, 0.15) is 47.5 Å². The standard InChI is InChI=1S/C12H26BrNO2S/c1-10(2)8-11(9-13)14-17(15,16)7-6-12(3,4)5/h10-11,14H,6-9H2,1-5H3. The van der Waals surface area contributed by atoms with Crippen LogP contribution in [0.5, 0.6) is 0 Å². The predicted octanol–water partition coefficient (Wildman–Crippen LogP) is 3.15. The van der Waals surface area contributed by atoms with Crippen molar-refractivity contribution in [3.63, 3.8) is 0 Å². The van der Waals surface area contributed by atoms with Crippen LogP contribution >= 0.6 is 15.9 Å². The molecule has 0 spiro atoms. The molecule has 0 aliphatic rings. The topological polar surface area (TPSA) is 46.2 Å². The van der Waals surface area contributed by atoms with Crippen molar-refractivity contribution in [1.29, 1.82) is 0 Å². The van der Waals surface area contributed by atoms with Crippen molar-refractivity contribution in [3.8, 4) is 0 Å². The second-order valence-electron chi connectivity index (χ2n) is 6.23. The van der Waals surface area contributed by atoms with Crippen molar-refractivity contribution in [1.82, 2.24) is 4.72 Å². The smallest absolute Gasteiger partial charge is 0.211 e. The van der Waals surface area contributed by atoms with E-state index < -0.39 is 10.0 Å². The average molecular weight is 328 g/mol. The highest BCUT2D eigenvalue weighted by atomic mass is 79.9. The van der Waals surface area contributed by atoms with Crippen LogP contribution in [0.2, 0.25) is 0 Å². The van der Waals surface area contributed by atoms with E-state index in [0.717, 1.165) is 6.42 Å². The van der Waals surface area contributed by atoms with Gasteiger partial charge in [0.05, 0.1) is 5.75 Å². The van der Waals surface area contributed by atoms with Gasteiger partial charge in [-0.1, -0.05) is 50.5 Å². The van der Waals surface area contributed by atoms with E-state index in [0.29, 0.717) is 17.7 Å². The van der Waals surface area contributed by atoms with Crippen molar-refractivity contribution in [2.24, 2.45) is 11.3 Å². The Labute approximate surface area is 115 Å². The fourth-order valence-corrected chi connectivity index (χ4v) is 3.79. The maximum atomic E-state index is 11.9. The van der Waals surface area contributed by atoms with Crippen LogP contribution < -0.4 is 4.72 Å². The molecule has 0 amide bonds. The lowest BCUT2D eigenvalue weighted by Gasteiger charge is -2.21.